The van der Waals surface area contributed by atoms with Gasteiger partial charge in [0.1, 0.15) is 0 Å². The molecule has 0 saturated heterocycles. The van der Waals surface area contributed by atoms with Gasteiger partial charge in [-0.25, -0.2) is 13.6 Å². The van der Waals surface area contributed by atoms with E-state index in [1.54, 1.807) is 0 Å². The maximum Gasteiger partial charge on any atom is 0.223 e. The fourth-order valence-electron chi connectivity index (χ4n) is 1.84. The third kappa shape index (κ3) is 4.91. The number of nitrogens with two attached hydrogens (primary N) is 2. The molecule has 0 aromatic heterocycles. The molecule has 0 aliphatic heterocycles. The molecule has 1 fully saturated rings. The molecule has 0 atom stereocenters. The molecular weight excluding hydrogens is 230 g/mol. The summed E-state index contributed by atoms with van der Waals surface area (Å²) in [5.74, 6) is -0.332. The van der Waals surface area contributed by atoms with Gasteiger partial charge >= 0.3 is 0 Å². The van der Waals surface area contributed by atoms with E-state index in [4.69, 9.17) is 10.9 Å². The van der Waals surface area contributed by atoms with Crippen LogP contribution in [0.4, 0.5) is 0 Å². The van der Waals surface area contributed by atoms with E-state index in [2.05, 4.69) is 5.32 Å². The molecule has 0 spiro atoms. The Morgan fingerprint density at radius 3 is 2.31 bits per heavy atom. The number of primary sulfonamides is 1. The first-order valence-electron chi connectivity index (χ1n) is 5.42. The monoisotopic (exact) mass is 249 g/mol. The van der Waals surface area contributed by atoms with Crippen LogP contribution in [0.2, 0.25) is 0 Å². The third-order valence-corrected chi connectivity index (χ3v) is 3.60. The number of amides is 1. The molecule has 1 aliphatic carbocycles. The van der Waals surface area contributed by atoms with E-state index in [-0.39, 0.29) is 30.2 Å². The molecule has 1 saturated carbocycles. The quantitative estimate of drug-likeness (QED) is 0.587. The van der Waals surface area contributed by atoms with Crippen molar-refractivity contribution in [3.63, 3.8) is 0 Å². The fourth-order valence-corrected chi connectivity index (χ4v) is 2.23. The van der Waals surface area contributed by atoms with Gasteiger partial charge in [0.2, 0.25) is 15.9 Å². The summed E-state index contributed by atoms with van der Waals surface area (Å²) in [4.78, 5) is 11.6. The van der Waals surface area contributed by atoms with Crippen LogP contribution >= 0.6 is 0 Å². The number of carbonyl (C=O) groups is 1. The first kappa shape index (κ1) is 13.4. The Balaban J connectivity index is 2.25. The molecule has 0 aromatic carbocycles. The molecule has 0 heterocycles. The highest BCUT2D eigenvalue weighted by molar-refractivity contribution is 7.89. The Labute approximate surface area is 95.8 Å². The van der Waals surface area contributed by atoms with Crippen molar-refractivity contribution in [2.75, 3.05) is 12.3 Å². The van der Waals surface area contributed by atoms with E-state index in [9.17, 15) is 13.2 Å². The molecule has 0 aromatic rings. The van der Waals surface area contributed by atoms with Gasteiger partial charge in [-0.15, -0.1) is 0 Å². The van der Waals surface area contributed by atoms with Gasteiger partial charge in [0, 0.05) is 18.5 Å². The summed E-state index contributed by atoms with van der Waals surface area (Å²) in [6.07, 6.45) is 3.27. The van der Waals surface area contributed by atoms with Crippen LogP contribution in [0.15, 0.2) is 0 Å². The van der Waals surface area contributed by atoms with Crippen molar-refractivity contribution in [1.82, 2.24) is 5.32 Å². The lowest BCUT2D eigenvalue weighted by Crippen LogP contribution is -2.38. The molecule has 6 nitrogen and oxygen atoms in total. The Kier molecular flexibility index (Phi) is 4.69. The SMILES string of the molecule is NC1CCC(C(=O)NCCS(N)(=O)=O)CC1. The van der Waals surface area contributed by atoms with Gasteiger partial charge in [-0.05, 0) is 25.7 Å². The van der Waals surface area contributed by atoms with Gasteiger partial charge in [0.15, 0.2) is 0 Å². The highest BCUT2D eigenvalue weighted by atomic mass is 32.2. The van der Waals surface area contributed by atoms with Gasteiger partial charge in [-0.3, -0.25) is 4.79 Å². The predicted molar refractivity (Wildman–Crippen MR) is 60.9 cm³/mol. The lowest BCUT2D eigenvalue weighted by atomic mass is 9.86. The summed E-state index contributed by atoms with van der Waals surface area (Å²) in [7, 11) is -3.49. The van der Waals surface area contributed by atoms with Gasteiger partial charge in [0.25, 0.3) is 0 Å². The van der Waals surface area contributed by atoms with Crippen LogP contribution in [0.25, 0.3) is 0 Å². The van der Waals surface area contributed by atoms with Crippen molar-refractivity contribution in [3.8, 4) is 0 Å². The van der Waals surface area contributed by atoms with Crippen LogP contribution in [0.3, 0.4) is 0 Å². The Morgan fingerprint density at radius 2 is 1.81 bits per heavy atom. The Hall–Kier alpha value is -0.660. The van der Waals surface area contributed by atoms with E-state index in [0.29, 0.717) is 0 Å². The molecule has 1 amide bonds. The number of sulfonamides is 1. The zero-order valence-electron chi connectivity index (χ0n) is 9.19. The zero-order chi connectivity index (χ0) is 12.2. The molecule has 16 heavy (non-hydrogen) atoms. The summed E-state index contributed by atoms with van der Waals surface area (Å²) in [5, 5.41) is 7.41. The lowest BCUT2D eigenvalue weighted by Gasteiger charge is -2.25. The second-order valence-corrected chi connectivity index (χ2v) is 6.00. The minimum atomic E-state index is -3.49. The maximum absolute atomic E-state index is 11.6. The van der Waals surface area contributed by atoms with Crippen molar-refractivity contribution >= 4 is 15.9 Å². The summed E-state index contributed by atoms with van der Waals surface area (Å²) < 4.78 is 21.3. The highest BCUT2D eigenvalue weighted by Crippen LogP contribution is 2.22. The fraction of sp³-hybridized carbons (Fsp3) is 0.889. The van der Waals surface area contributed by atoms with Crippen LogP contribution in [0.5, 0.6) is 0 Å². The average Bonchev–Trinajstić information content (AvgIpc) is 2.16. The van der Waals surface area contributed by atoms with Gasteiger partial charge in [-0.1, -0.05) is 0 Å². The van der Waals surface area contributed by atoms with Crippen molar-refractivity contribution in [3.05, 3.63) is 0 Å². The van der Waals surface area contributed by atoms with E-state index in [1.807, 2.05) is 0 Å². The molecule has 0 unspecified atom stereocenters. The smallest absolute Gasteiger partial charge is 0.223 e. The topological polar surface area (TPSA) is 115 Å². The number of hydrogen-bond donors (Lipinski definition) is 3. The van der Waals surface area contributed by atoms with Crippen LogP contribution in [0, 0.1) is 5.92 Å². The van der Waals surface area contributed by atoms with Crippen LogP contribution in [-0.2, 0) is 14.8 Å². The minimum absolute atomic E-state index is 0.0275. The van der Waals surface area contributed by atoms with Crippen molar-refractivity contribution in [2.45, 2.75) is 31.7 Å². The summed E-state index contributed by atoms with van der Waals surface area (Å²) in [6.45, 7) is 0.0836. The predicted octanol–water partition coefficient (Wildman–Crippen LogP) is -1.09. The van der Waals surface area contributed by atoms with Crippen LogP contribution in [0.1, 0.15) is 25.7 Å². The van der Waals surface area contributed by atoms with E-state index in [1.165, 1.54) is 0 Å². The zero-order valence-corrected chi connectivity index (χ0v) is 10.0. The van der Waals surface area contributed by atoms with E-state index < -0.39 is 10.0 Å². The summed E-state index contributed by atoms with van der Waals surface area (Å²) in [6, 6.07) is 0.202. The molecule has 94 valence electrons. The van der Waals surface area contributed by atoms with Crippen LogP contribution in [-0.4, -0.2) is 32.7 Å². The first-order valence-corrected chi connectivity index (χ1v) is 7.14. The first-order chi connectivity index (χ1) is 7.38. The highest BCUT2D eigenvalue weighted by Gasteiger charge is 2.24. The van der Waals surface area contributed by atoms with Crippen molar-refractivity contribution in [1.29, 1.82) is 0 Å². The van der Waals surface area contributed by atoms with E-state index >= 15 is 0 Å². The normalized spacial score (nSPS) is 26.4. The second-order valence-electron chi connectivity index (χ2n) is 4.27. The van der Waals surface area contributed by atoms with Gasteiger partial charge in [-0.2, -0.15) is 0 Å². The molecule has 1 rings (SSSR count). The molecule has 7 heteroatoms. The van der Waals surface area contributed by atoms with Crippen molar-refractivity contribution < 1.29 is 13.2 Å². The van der Waals surface area contributed by atoms with Crippen LogP contribution < -0.4 is 16.2 Å². The lowest BCUT2D eigenvalue weighted by molar-refractivity contribution is -0.125. The largest absolute Gasteiger partial charge is 0.355 e. The molecular formula is C9H19N3O3S. The number of rotatable bonds is 4. The molecule has 5 N–H and O–H groups in total. The Morgan fingerprint density at radius 1 is 1.25 bits per heavy atom. The molecule has 1 aliphatic rings. The molecule has 0 bridgehead atoms. The maximum atomic E-state index is 11.6. The second kappa shape index (κ2) is 5.60. The van der Waals surface area contributed by atoms with Gasteiger partial charge < -0.3 is 11.1 Å². The van der Waals surface area contributed by atoms with Crippen molar-refractivity contribution in [2.24, 2.45) is 16.8 Å². The van der Waals surface area contributed by atoms with Gasteiger partial charge in [0.05, 0.1) is 5.75 Å². The minimum Gasteiger partial charge on any atom is -0.355 e. The molecule has 0 radical (unpaired) electrons. The number of hydrogen-bond acceptors (Lipinski definition) is 4. The number of carbonyl (C=O) groups excluding carboxylic acids is 1. The standard InChI is InChI=1S/C9H19N3O3S/c10-8-3-1-7(2-4-8)9(13)12-5-6-16(11,14)15/h7-8H,1-6,10H2,(H,12,13)(H2,11,14,15). The third-order valence-electron chi connectivity index (χ3n) is 2.83. The Bertz CT molecular complexity index is 334. The van der Waals surface area contributed by atoms with E-state index in [0.717, 1.165) is 25.7 Å². The average molecular weight is 249 g/mol. The summed E-state index contributed by atoms with van der Waals surface area (Å²) >= 11 is 0. The number of nitrogens with one attached hydrogen (secondary N) is 1. The summed E-state index contributed by atoms with van der Waals surface area (Å²) in [5.41, 5.74) is 5.73.